The lowest BCUT2D eigenvalue weighted by Crippen LogP contribution is -2.60. The predicted octanol–water partition coefficient (Wildman–Crippen LogP) is 6.72. The monoisotopic (exact) mass is 761 g/mol. The molecule has 1 aliphatic carbocycles. The van der Waals surface area contributed by atoms with Gasteiger partial charge in [-0.1, -0.05) is 29.8 Å². The Labute approximate surface area is 296 Å². The molecule has 0 radical (unpaired) electrons. The highest BCUT2D eigenvalue weighted by atomic mass is 35.5. The van der Waals surface area contributed by atoms with E-state index in [4.69, 9.17) is 26.8 Å². The highest BCUT2D eigenvalue weighted by molar-refractivity contribution is 7.89. The molecule has 3 aromatic rings. The highest BCUT2D eigenvalue weighted by Crippen LogP contribution is 2.42. The SMILES string of the molecule is CC(C)Oc1cc(C(F)(F)[C@@H](C(=O)N2CCC(N)CC2)N(OC(=O)C(F)(F)F)S(=O)(=O)c2ccc3cc(OC4CCCC4)ccc3c2)ccc1Cl. The number of rotatable bonds is 11. The zero-order valence-electron chi connectivity index (χ0n) is 27.7. The summed E-state index contributed by atoms with van der Waals surface area (Å²) in [4.78, 5) is 30.7. The lowest BCUT2D eigenvalue weighted by Gasteiger charge is -2.38. The van der Waals surface area contributed by atoms with E-state index in [1.54, 1.807) is 26.0 Å². The van der Waals surface area contributed by atoms with Gasteiger partial charge in [-0.2, -0.15) is 22.0 Å². The number of benzene rings is 3. The molecule has 0 aromatic heterocycles. The third-order valence-electron chi connectivity index (χ3n) is 8.65. The fraction of sp³-hybridized carbons (Fsp3) is 0.471. The number of hydroxylamine groups is 1. The van der Waals surface area contributed by atoms with Crippen LogP contribution in [0.15, 0.2) is 59.5 Å². The Balaban J connectivity index is 1.64. The van der Waals surface area contributed by atoms with E-state index in [9.17, 15) is 31.2 Å². The minimum absolute atomic E-state index is 0.0133. The molecule has 2 N–H and O–H groups in total. The highest BCUT2D eigenvalue weighted by Gasteiger charge is 2.58. The topological polar surface area (TPSA) is 128 Å². The molecular weight excluding hydrogens is 725 g/mol. The van der Waals surface area contributed by atoms with Crippen LogP contribution in [-0.2, 0) is 30.4 Å². The maximum Gasteiger partial charge on any atom is 0.492 e. The number of carbonyl (C=O) groups excluding carboxylic acids is 2. The van der Waals surface area contributed by atoms with Crippen molar-refractivity contribution in [1.29, 1.82) is 0 Å². The standard InChI is InChI=1S/C34H37ClF5N3O7S/c1-20(2)48-29-19-23(9-12-28(29)35)33(36,37)30(31(44)42-15-13-24(41)14-16-42)43(50-32(45)34(38,39)40)51(46,47)27-11-8-21-17-26(10-7-22(21)18-27)49-25-5-3-4-6-25/h7-12,17-20,24-25,30H,3-6,13-16,41H2,1-2H3/t30-/m1/s1. The lowest BCUT2D eigenvalue weighted by atomic mass is 9.98. The van der Waals surface area contributed by atoms with E-state index in [0.29, 0.717) is 11.1 Å². The average molecular weight is 762 g/mol. The van der Waals surface area contributed by atoms with Gasteiger partial charge in [-0.25, -0.2) is 13.2 Å². The minimum Gasteiger partial charge on any atom is -0.490 e. The molecule has 0 unspecified atom stereocenters. The molecule has 1 saturated carbocycles. The number of halogens is 6. The summed E-state index contributed by atoms with van der Waals surface area (Å²) >= 11 is 6.14. The van der Waals surface area contributed by atoms with Gasteiger partial charge in [-0.3, -0.25) is 4.79 Å². The quantitative estimate of drug-likeness (QED) is 0.169. The number of ether oxygens (including phenoxy) is 2. The zero-order valence-corrected chi connectivity index (χ0v) is 29.2. The lowest BCUT2D eigenvalue weighted by molar-refractivity contribution is -0.239. The first-order chi connectivity index (χ1) is 23.9. The summed E-state index contributed by atoms with van der Waals surface area (Å²) in [6, 6.07) is 6.67. The molecule has 1 aliphatic heterocycles. The first-order valence-electron chi connectivity index (χ1n) is 16.3. The number of nitrogens with zero attached hydrogens (tertiary/aromatic N) is 2. The van der Waals surface area contributed by atoms with Crippen molar-refractivity contribution in [1.82, 2.24) is 9.37 Å². The fourth-order valence-electron chi connectivity index (χ4n) is 6.00. The molecule has 1 amide bonds. The van der Waals surface area contributed by atoms with E-state index < -0.39 is 67.1 Å². The van der Waals surface area contributed by atoms with Crippen LogP contribution in [0.2, 0.25) is 5.02 Å². The Kier molecular flexibility index (Phi) is 11.4. The van der Waals surface area contributed by atoms with Crippen molar-refractivity contribution >= 4 is 44.3 Å². The Bertz CT molecular complexity index is 1860. The van der Waals surface area contributed by atoms with Crippen LogP contribution in [0, 0.1) is 0 Å². The van der Waals surface area contributed by atoms with Gasteiger partial charge < -0.3 is 24.9 Å². The van der Waals surface area contributed by atoms with Crippen molar-refractivity contribution in [3.8, 4) is 11.5 Å². The van der Waals surface area contributed by atoms with Gasteiger partial charge in [0.25, 0.3) is 15.9 Å². The normalized spacial score (nSPS) is 17.3. The molecule has 278 valence electrons. The third kappa shape index (κ3) is 8.67. The molecule has 1 heterocycles. The van der Waals surface area contributed by atoms with Crippen LogP contribution in [-0.4, -0.2) is 73.2 Å². The summed E-state index contributed by atoms with van der Waals surface area (Å²) in [5.74, 6) is -9.18. The van der Waals surface area contributed by atoms with Crippen LogP contribution in [0.5, 0.6) is 11.5 Å². The Morgan fingerprint density at radius 2 is 1.55 bits per heavy atom. The number of amides is 1. The van der Waals surface area contributed by atoms with E-state index in [1.807, 2.05) is 0 Å². The van der Waals surface area contributed by atoms with Gasteiger partial charge in [0.15, 0.2) is 0 Å². The summed E-state index contributed by atoms with van der Waals surface area (Å²) < 4.78 is 114. The number of hydrogen-bond acceptors (Lipinski definition) is 8. The van der Waals surface area contributed by atoms with E-state index in [0.717, 1.165) is 60.9 Å². The Morgan fingerprint density at radius 1 is 0.922 bits per heavy atom. The number of sulfonamides is 1. The van der Waals surface area contributed by atoms with Crippen molar-refractivity contribution < 1.29 is 54.3 Å². The molecule has 2 aliphatic rings. The largest absolute Gasteiger partial charge is 0.492 e. The van der Waals surface area contributed by atoms with Crippen molar-refractivity contribution in [3.63, 3.8) is 0 Å². The zero-order chi connectivity index (χ0) is 37.3. The summed E-state index contributed by atoms with van der Waals surface area (Å²) in [6.45, 7) is 2.70. The van der Waals surface area contributed by atoms with Gasteiger partial charge in [0.1, 0.15) is 11.5 Å². The number of likely N-dealkylation sites (tertiary alicyclic amines) is 1. The molecule has 1 atom stereocenters. The first kappa shape index (κ1) is 38.5. The summed E-state index contributed by atoms with van der Waals surface area (Å²) in [7, 11) is -5.65. The summed E-state index contributed by atoms with van der Waals surface area (Å²) in [5, 5.41) is 0.589. The summed E-state index contributed by atoms with van der Waals surface area (Å²) in [5.41, 5.74) is 4.86. The number of hydrogen-bond donors (Lipinski definition) is 1. The number of carbonyl (C=O) groups is 2. The van der Waals surface area contributed by atoms with E-state index in [2.05, 4.69) is 4.84 Å². The van der Waals surface area contributed by atoms with Crippen LogP contribution in [0.3, 0.4) is 0 Å². The fourth-order valence-corrected chi connectivity index (χ4v) is 7.55. The molecule has 51 heavy (non-hydrogen) atoms. The second kappa shape index (κ2) is 15.1. The van der Waals surface area contributed by atoms with E-state index in [-0.39, 0.29) is 48.2 Å². The van der Waals surface area contributed by atoms with E-state index in [1.165, 1.54) is 12.1 Å². The molecule has 0 spiro atoms. The van der Waals surface area contributed by atoms with Crippen molar-refractivity contribution in [2.24, 2.45) is 5.73 Å². The van der Waals surface area contributed by atoms with Gasteiger partial charge in [-0.05, 0) is 104 Å². The second-order valence-corrected chi connectivity index (χ2v) is 15.0. The number of alkyl halides is 5. The van der Waals surface area contributed by atoms with Crippen LogP contribution in [0.25, 0.3) is 10.8 Å². The minimum atomic E-state index is -5.84. The molecule has 3 aromatic carbocycles. The average Bonchev–Trinajstić information content (AvgIpc) is 3.57. The molecule has 5 rings (SSSR count). The van der Waals surface area contributed by atoms with Crippen molar-refractivity contribution in [3.05, 3.63) is 65.2 Å². The van der Waals surface area contributed by atoms with Crippen molar-refractivity contribution in [2.45, 2.75) is 93.7 Å². The number of fused-ring (bicyclic) bond motifs is 1. The van der Waals surface area contributed by atoms with Gasteiger partial charge in [0, 0.05) is 24.7 Å². The molecule has 1 saturated heterocycles. The molecule has 0 bridgehead atoms. The van der Waals surface area contributed by atoms with Gasteiger partial charge in [-0.15, -0.1) is 0 Å². The van der Waals surface area contributed by atoms with Crippen LogP contribution >= 0.6 is 11.6 Å². The van der Waals surface area contributed by atoms with Gasteiger partial charge in [0.2, 0.25) is 6.04 Å². The van der Waals surface area contributed by atoms with Gasteiger partial charge >= 0.3 is 18.1 Å². The smallest absolute Gasteiger partial charge is 0.490 e. The number of nitrogens with two attached hydrogens (primary N) is 1. The molecule has 10 nitrogen and oxygen atoms in total. The molecule has 17 heteroatoms. The summed E-state index contributed by atoms with van der Waals surface area (Å²) in [6.07, 6.45) is -2.35. The van der Waals surface area contributed by atoms with E-state index >= 15 is 8.78 Å². The maximum atomic E-state index is 16.9. The maximum absolute atomic E-state index is 16.9. The number of piperidine rings is 1. The van der Waals surface area contributed by atoms with Gasteiger partial charge in [0.05, 0.1) is 22.1 Å². The van der Waals surface area contributed by atoms with Crippen LogP contribution in [0.1, 0.15) is 57.9 Å². The second-order valence-electron chi connectivity index (χ2n) is 12.8. The van der Waals surface area contributed by atoms with Crippen LogP contribution in [0.4, 0.5) is 22.0 Å². The predicted molar refractivity (Wildman–Crippen MR) is 177 cm³/mol. The third-order valence-corrected chi connectivity index (χ3v) is 10.6. The Morgan fingerprint density at radius 3 is 2.18 bits per heavy atom. The van der Waals surface area contributed by atoms with Crippen molar-refractivity contribution in [2.75, 3.05) is 13.1 Å². The molecular formula is C34H37ClF5N3O7S. The Hall–Kier alpha value is -3.73. The molecule has 2 fully saturated rings. The first-order valence-corrected chi connectivity index (χ1v) is 18.1. The van der Waals surface area contributed by atoms with Crippen LogP contribution < -0.4 is 15.2 Å².